The van der Waals surface area contributed by atoms with Gasteiger partial charge in [-0.25, -0.2) is 9.78 Å². The van der Waals surface area contributed by atoms with E-state index in [1.807, 2.05) is 0 Å². The molecule has 0 aliphatic heterocycles. The molecule has 2 aromatic carbocycles. The second kappa shape index (κ2) is 5.92. The first kappa shape index (κ1) is 14.8. The number of nitrogens with one attached hydrogen (secondary N) is 1. The number of anilines is 1. The van der Waals surface area contributed by atoms with Gasteiger partial charge in [-0.15, -0.1) is 0 Å². The number of benzene rings is 2. The summed E-state index contributed by atoms with van der Waals surface area (Å²) in [6.45, 7) is 1.76. The average Bonchev–Trinajstić information content (AvgIpc) is 2.93. The Bertz CT molecular complexity index is 881. The number of aromatic nitrogens is 1. The summed E-state index contributed by atoms with van der Waals surface area (Å²) in [5.74, 6) is -0.147. The molecule has 1 amide bonds. The number of esters is 1. The SMILES string of the molecule is COC(=O)c1ccc(C(=O)Nc2ccc3oc(C)nc3c2)cc1. The Balaban J connectivity index is 1.78. The van der Waals surface area contributed by atoms with Gasteiger partial charge in [0.1, 0.15) is 5.52 Å². The van der Waals surface area contributed by atoms with Crippen LogP contribution in [-0.4, -0.2) is 24.0 Å². The molecule has 0 fully saturated rings. The molecule has 1 heterocycles. The Labute approximate surface area is 132 Å². The molecule has 116 valence electrons. The first-order chi connectivity index (χ1) is 11.1. The fourth-order valence-electron chi connectivity index (χ4n) is 2.20. The summed E-state index contributed by atoms with van der Waals surface area (Å²) in [5, 5.41) is 2.79. The minimum atomic E-state index is -0.441. The van der Waals surface area contributed by atoms with E-state index < -0.39 is 5.97 Å². The number of amides is 1. The van der Waals surface area contributed by atoms with Crippen LogP contribution in [0, 0.1) is 6.92 Å². The van der Waals surface area contributed by atoms with Crippen molar-refractivity contribution in [2.24, 2.45) is 0 Å². The molecule has 6 heteroatoms. The molecule has 0 saturated heterocycles. The number of carbonyl (C=O) groups excluding carboxylic acids is 2. The van der Waals surface area contributed by atoms with Gasteiger partial charge in [-0.3, -0.25) is 4.79 Å². The molecule has 23 heavy (non-hydrogen) atoms. The molecule has 0 spiro atoms. The minimum absolute atomic E-state index is 0.277. The molecular formula is C17H14N2O4. The number of ether oxygens (including phenoxy) is 1. The monoisotopic (exact) mass is 310 g/mol. The van der Waals surface area contributed by atoms with Crippen LogP contribution in [0.4, 0.5) is 5.69 Å². The maximum Gasteiger partial charge on any atom is 0.337 e. The zero-order chi connectivity index (χ0) is 16.4. The van der Waals surface area contributed by atoms with Gasteiger partial charge in [-0.1, -0.05) is 0 Å². The summed E-state index contributed by atoms with van der Waals surface area (Å²) in [5.41, 5.74) is 2.80. The van der Waals surface area contributed by atoms with Crippen molar-refractivity contribution < 1.29 is 18.7 Å². The summed E-state index contributed by atoms with van der Waals surface area (Å²) in [6.07, 6.45) is 0. The quantitative estimate of drug-likeness (QED) is 0.751. The van der Waals surface area contributed by atoms with Crippen molar-refractivity contribution in [1.29, 1.82) is 0 Å². The lowest BCUT2D eigenvalue weighted by Crippen LogP contribution is -2.12. The van der Waals surface area contributed by atoms with Crippen molar-refractivity contribution in [3.63, 3.8) is 0 Å². The topological polar surface area (TPSA) is 81.4 Å². The largest absolute Gasteiger partial charge is 0.465 e. The Kier molecular flexibility index (Phi) is 3.80. The average molecular weight is 310 g/mol. The molecule has 6 nitrogen and oxygen atoms in total. The van der Waals surface area contributed by atoms with E-state index in [4.69, 9.17) is 4.42 Å². The Morgan fingerprint density at radius 2 is 1.78 bits per heavy atom. The Morgan fingerprint density at radius 3 is 2.48 bits per heavy atom. The van der Waals surface area contributed by atoms with Crippen LogP contribution in [0.25, 0.3) is 11.1 Å². The number of rotatable bonds is 3. The zero-order valence-electron chi connectivity index (χ0n) is 12.6. The van der Waals surface area contributed by atoms with E-state index in [-0.39, 0.29) is 5.91 Å². The Morgan fingerprint density at radius 1 is 1.09 bits per heavy atom. The van der Waals surface area contributed by atoms with E-state index in [2.05, 4.69) is 15.0 Å². The minimum Gasteiger partial charge on any atom is -0.465 e. The third-order valence-electron chi connectivity index (χ3n) is 3.32. The van der Waals surface area contributed by atoms with Crippen LogP contribution in [0.2, 0.25) is 0 Å². The highest BCUT2D eigenvalue weighted by atomic mass is 16.5. The van der Waals surface area contributed by atoms with Crippen molar-refractivity contribution in [3.8, 4) is 0 Å². The van der Waals surface area contributed by atoms with Crippen molar-refractivity contribution >= 4 is 28.7 Å². The van der Waals surface area contributed by atoms with Crippen molar-refractivity contribution in [1.82, 2.24) is 4.98 Å². The van der Waals surface area contributed by atoms with Gasteiger partial charge in [0.05, 0.1) is 12.7 Å². The molecule has 0 aliphatic carbocycles. The van der Waals surface area contributed by atoms with Gasteiger partial charge in [0, 0.05) is 18.2 Å². The first-order valence-corrected chi connectivity index (χ1v) is 6.94. The molecule has 0 aliphatic rings. The summed E-state index contributed by atoms with van der Waals surface area (Å²) >= 11 is 0. The van der Waals surface area contributed by atoms with Gasteiger partial charge in [0.15, 0.2) is 11.5 Å². The van der Waals surface area contributed by atoms with Crippen LogP contribution in [0.15, 0.2) is 46.9 Å². The highest BCUT2D eigenvalue weighted by Crippen LogP contribution is 2.20. The second-order valence-corrected chi connectivity index (χ2v) is 4.94. The van der Waals surface area contributed by atoms with E-state index in [1.54, 1.807) is 49.4 Å². The normalized spacial score (nSPS) is 10.5. The van der Waals surface area contributed by atoms with Crippen molar-refractivity contribution in [2.45, 2.75) is 6.92 Å². The van der Waals surface area contributed by atoms with Gasteiger partial charge >= 0.3 is 5.97 Å². The number of hydrogen-bond donors (Lipinski definition) is 1. The molecule has 3 aromatic rings. The number of methoxy groups -OCH3 is 1. The number of carbonyl (C=O) groups is 2. The van der Waals surface area contributed by atoms with Crippen LogP contribution < -0.4 is 5.32 Å². The molecule has 1 N–H and O–H groups in total. The van der Waals surface area contributed by atoms with E-state index in [1.165, 1.54) is 7.11 Å². The highest BCUT2D eigenvalue weighted by molar-refractivity contribution is 6.05. The third kappa shape index (κ3) is 3.06. The molecule has 0 saturated carbocycles. The lowest BCUT2D eigenvalue weighted by Gasteiger charge is -2.06. The number of nitrogens with zero attached hydrogens (tertiary/aromatic N) is 1. The number of oxazole rings is 1. The number of hydrogen-bond acceptors (Lipinski definition) is 5. The summed E-state index contributed by atoms with van der Waals surface area (Å²) in [6, 6.07) is 11.5. The molecule has 0 bridgehead atoms. The fraction of sp³-hybridized carbons (Fsp3) is 0.118. The van der Waals surface area contributed by atoms with Crippen molar-refractivity contribution in [2.75, 3.05) is 12.4 Å². The van der Waals surface area contributed by atoms with Crippen LogP contribution in [0.5, 0.6) is 0 Å². The van der Waals surface area contributed by atoms with Crippen LogP contribution in [0.1, 0.15) is 26.6 Å². The molecule has 0 radical (unpaired) electrons. The lowest BCUT2D eigenvalue weighted by molar-refractivity contribution is 0.0600. The maximum atomic E-state index is 12.2. The second-order valence-electron chi connectivity index (χ2n) is 4.94. The molecular weight excluding hydrogens is 296 g/mol. The van der Waals surface area contributed by atoms with Crippen molar-refractivity contribution in [3.05, 3.63) is 59.5 Å². The summed E-state index contributed by atoms with van der Waals surface area (Å²) in [4.78, 5) is 27.8. The summed E-state index contributed by atoms with van der Waals surface area (Å²) in [7, 11) is 1.31. The lowest BCUT2D eigenvalue weighted by atomic mass is 10.1. The van der Waals surface area contributed by atoms with Gasteiger partial charge in [0.25, 0.3) is 5.91 Å². The number of fused-ring (bicyclic) bond motifs is 1. The van der Waals surface area contributed by atoms with Crippen LogP contribution >= 0.6 is 0 Å². The highest BCUT2D eigenvalue weighted by Gasteiger charge is 2.10. The Hall–Kier alpha value is -3.15. The van der Waals surface area contributed by atoms with E-state index >= 15 is 0 Å². The van der Waals surface area contributed by atoms with E-state index in [9.17, 15) is 9.59 Å². The number of aryl methyl sites for hydroxylation is 1. The fourth-order valence-corrected chi connectivity index (χ4v) is 2.20. The van der Waals surface area contributed by atoms with Crippen LogP contribution in [0.3, 0.4) is 0 Å². The zero-order valence-corrected chi connectivity index (χ0v) is 12.6. The summed E-state index contributed by atoms with van der Waals surface area (Å²) < 4.78 is 10.0. The maximum absolute atomic E-state index is 12.2. The van der Waals surface area contributed by atoms with Gasteiger partial charge < -0.3 is 14.5 Å². The van der Waals surface area contributed by atoms with Gasteiger partial charge in [0.2, 0.25) is 0 Å². The molecule has 0 atom stereocenters. The standard InChI is InChI=1S/C17H14N2O4/c1-10-18-14-9-13(7-8-15(14)23-10)19-16(20)11-3-5-12(6-4-11)17(21)22-2/h3-9H,1-2H3,(H,19,20). The van der Waals surface area contributed by atoms with Gasteiger partial charge in [-0.2, -0.15) is 0 Å². The predicted molar refractivity (Wildman–Crippen MR) is 84.5 cm³/mol. The van der Waals surface area contributed by atoms with E-state index in [0.29, 0.717) is 33.8 Å². The third-order valence-corrected chi connectivity index (χ3v) is 3.32. The van der Waals surface area contributed by atoms with Crippen LogP contribution in [-0.2, 0) is 4.74 Å². The predicted octanol–water partition coefficient (Wildman–Crippen LogP) is 3.18. The molecule has 3 rings (SSSR count). The molecule has 1 aromatic heterocycles. The van der Waals surface area contributed by atoms with E-state index in [0.717, 1.165) is 0 Å². The smallest absolute Gasteiger partial charge is 0.337 e. The van der Waals surface area contributed by atoms with Gasteiger partial charge in [-0.05, 0) is 42.5 Å². The first-order valence-electron chi connectivity index (χ1n) is 6.94. The molecule has 0 unspecified atom stereocenters.